The number of hydrogen-bond acceptors (Lipinski definition) is 3. The third kappa shape index (κ3) is 3.91. The largest absolute Gasteiger partial charge is 0.311 e. The fourth-order valence-electron chi connectivity index (χ4n) is 2.24. The molecule has 0 aromatic carbocycles. The maximum absolute atomic E-state index is 4.20. The molecular weight excluding hydrogens is 258 g/mol. The second-order valence-corrected chi connectivity index (χ2v) is 5.88. The number of hydrogen-bond donors (Lipinski definition) is 0. The fourth-order valence-corrected chi connectivity index (χ4v) is 2.24. The van der Waals surface area contributed by atoms with Crippen molar-refractivity contribution in [3.63, 3.8) is 0 Å². The average molecular weight is 285 g/mol. The van der Waals surface area contributed by atoms with Crippen molar-refractivity contribution in [2.75, 3.05) is 19.6 Å². The smallest absolute Gasteiger partial charge is 0.108 e. The van der Waals surface area contributed by atoms with E-state index in [1.54, 1.807) is 0 Å². The highest BCUT2D eigenvalue weighted by atomic mass is 15.5. The second kappa shape index (κ2) is 6.53. The third-order valence-electron chi connectivity index (χ3n) is 3.15. The fraction of sp³-hybridized carbons (Fsp3) is 0.333. The van der Waals surface area contributed by atoms with Crippen molar-refractivity contribution in [2.24, 2.45) is 0 Å². The Kier molecular flexibility index (Phi) is 5.25. The maximum Gasteiger partial charge on any atom is 0.108 e. The molecule has 0 aromatic heterocycles. The van der Waals surface area contributed by atoms with Crippen LogP contribution < -0.4 is 0 Å². The van der Waals surface area contributed by atoms with E-state index in [0.717, 1.165) is 34.2 Å². The van der Waals surface area contributed by atoms with Gasteiger partial charge in [0.25, 0.3) is 0 Å². The second-order valence-electron chi connectivity index (χ2n) is 5.88. The Hall–Kier alpha value is -2.16. The van der Waals surface area contributed by atoms with Gasteiger partial charge in [-0.15, -0.1) is 0 Å². The summed E-state index contributed by atoms with van der Waals surface area (Å²) in [5.41, 5.74) is 3.15. The topological polar surface area (TPSA) is 9.72 Å². The van der Waals surface area contributed by atoms with Crippen LogP contribution in [-0.4, -0.2) is 34.3 Å². The molecule has 1 fully saturated rings. The minimum absolute atomic E-state index is 0.685. The first-order valence-corrected chi connectivity index (χ1v) is 6.97. The lowest BCUT2D eigenvalue weighted by Crippen LogP contribution is -2.49. The van der Waals surface area contributed by atoms with Crippen molar-refractivity contribution in [3.8, 4) is 0 Å². The summed E-state index contributed by atoms with van der Waals surface area (Å²) in [6.07, 6.45) is 0. The van der Waals surface area contributed by atoms with Crippen LogP contribution in [0.25, 0.3) is 0 Å². The van der Waals surface area contributed by atoms with E-state index in [4.69, 9.17) is 0 Å². The molecule has 0 N–H and O–H groups in total. The zero-order valence-corrected chi connectivity index (χ0v) is 13.7. The molecule has 1 aliphatic rings. The summed E-state index contributed by atoms with van der Waals surface area (Å²) in [5, 5.41) is 0. The number of nitrogens with zero attached hydrogens (tertiary/aromatic N) is 3. The van der Waals surface area contributed by atoms with Gasteiger partial charge in [0.2, 0.25) is 0 Å². The van der Waals surface area contributed by atoms with Gasteiger partial charge < -0.3 is 14.7 Å². The van der Waals surface area contributed by atoms with Crippen molar-refractivity contribution < 1.29 is 0 Å². The summed E-state index contributed by atoms with van der Waals surface area (Å²) < 4.78 is 0. The summed E-state index contributed by atoms with van der Waals surface area (Å²) in [7, 11) is 0. The molecule has 0 unspecified atom stereocenters. The van der Waals surface area contributed by atoms with E-state index < -0.39 is 0 Å². The van der Waals surface area contributed by atoms with Gasteiger partial charge in [-0.05, 0) is 20.8 Å². The average Bonchev–Trinajstić information content (AvgIpc) is 2.35. The Balaban J connectivity index is 3.16. The molecule has 0 saturated carbocycles. The summed E-state index contributed by atoms with van der Waals surface area (Å²) in [5.74, 6) is 2.57. The SMILES string of the molecule is C=C(C)CN1C(=C)N(CC(=C)C)C(=C)N(CC(=C)C)C1=C. The lowest BCUT2D eigenvalue weighted by Gasteiger charge is -2.49. The van der Waals surface area contributed by atoms with Crippen LogP contribution in [0.1, 0.15) is 20.8 Å². The molecule has 3 heteroatoms. The predicted molar refractivity (Wildman–Crippen MR) is 92.0 cm³/mol. The quantitative estimate of drug-likeness (QED) is 0.682. The van der Waals surface area contributed by atoms with E-state index in [9.17, 15) is 0 Å². The predicted octanol–water partition coefficient (Wildman–Crippen LogP) is 4.05. The molecule has 1 heterocycles. The van der Waals surface area contributed by atoms with Crippen LogP contribution in [-0.2, 0) is 0 Å². The lowest BCUT2D eigenvalue weighted by atomic mass is 10.2. The minimum Gasteiger partial charge on any atom is -0.311 e. The van der Waals surface area contributed by atoms with Gasteiger partial charge in [-0.1, -0.05) is 56.2 Å². The molecule has 0 bridgehead atoms. The van der Waals surface area contributed by atoms with Gasteiger partial charge in [0.1, 0.15) is 17.5 Å². The van der Waals surface area contributed by atoms with E-state index in [0.29, 0.717) is 19.6 Å². The lowest BCUT2D eigenvalue weighted by molar-refractivity contribution is 0.151. The van der Waals surface area contributed by atoms with Gasteiger partial charge in [-0.2, -0.15) is 0 Å². The van der Waals surface area contributed by atoms with Crippen molar-refractivity contribution in [2.45, 2.75) is 20.8 Å². The van der Waals surface area contributed by atoms with Crippen molar-refractivity contribution in [3.05, 3.63) is 73.7 Å². The molecule has 114 valence electrons. The van der Waals surface area contributed by atoms with Crippen LogP contribution in [0.15, 0.2) is 73.7 Å². The standard InChI is InChI=1S/C18H27N3/c1-13(2)10-19-16(7)20(11-14(3)4)18(9)21(17(19)8)12-15(5)6/h1,3,5,7-12H2,2,4,6H3. The molecule has 21 heavy (non-hydrogen) atoms. The van der Waals surface area contributed by atoms with Crippen LogP contribution in [0.3, 0.4) is 0 Å². The Labute approximate surface area is 129 Å². The minimum atomic E-state index is 0.685. The highest BCUT2D eigenvalue weighted by Gasteiger charge is 2.31. The van der Waals surface area contributed by atoms with Crippen molar-refractivity contribution in [1.29, 1.82) is 0 Å². The summed E-state index contributed by atoms with van der Waals surface area (Å²) in [4.78, 5) is 6.18. The Morgan fingerprint density at radius 3 is 0.952 bits per heavy atom. The first kappa shape index (κ1) is 16.9. The zero-order valence-electron chi connectivity index (χ0n) is 13.7. The van der Waals surface area contributed by atoms with E-state index in [2.05, 4.69) is 54.2 Å². The summed E-state index contributed by atoms with van der Waals surface area (Å²) in [6.45, 7) is 32.6. The highest BCUT2D eigenvalue weighted by Crippen LogP contribution is 2.32. The van der Waals surface area contributed by atoms with Gasteiger partial charge in [-0.25, -0.2) is 0 Å². The zero-order chi connectivity index (χ0) is 16.3. The first-order valence-electron chi connectivity index (χ1n) is 6.97. The van der Waals surface area contributed by atoms with Crippen LogP contribution in [0, 0.1) is 0 Å². The summed E-state index contributed by atoms with van der Waals surface area (Å²) >= 11 is 0. The van der Waals surface area contributed by atoms with E-state index in [1.165, 1.54) is 0 Å². The number of rotatable bonds is 6. The maximum atomic E-state index is 4.20. The molecule has 0 aromatic rings. The van der Waals surface area contributed by atoms with Crippen LogP contribution in [0.2, 0.25) is 0 Å². The molecular formula is C18H27N3. The van der Waals surface area contributed by atoms with Crippen LogP contribution >= 0.6 is 0 Å². The normalized spacial score (nSPS) is 15.6. The molecule has 0 atom stereocenters. The van der Waals surface area contributed by atoms with Gasteiger partial charge in [0.05, 0.1) is 0 Å². The van der Waals surface area contributed by atoms with E-state index >= 15 is 0 Å². The van der Waals surface area contributed by atoms with Gasteiger partial charge in [-0.3, -0.25) is 0 Å². The summed E-state index contributed by atoms with van der Waals surface area (Å²) in [6, 6.07) is 0. The van der Waals surface area contributed by atoms with Gasteiger partial charge >= 0.3 is 0 Å². The molecule has 0 radical (unpaired) electrons. The molecule has 0 spiro atoms. The molecule has 0 amide bonds. The van der Waals surface area contributed by atoms with Crippen LogP contribution in [0.5, 0.6) is 0 Å². The van der Waals surface area contributed by atoms with E-state index in [-0.39, 0.29) is 0 Å². The van der Waals surface area contributed by atoms with Gasteiger partial charge in [0.15, 0.2) is 0 Å². The van der Waals surface area contributed by atoms with E-state index in [1.807, 2.05) is 20.8 Å². The highest BCUT2D eigenvalue weighted by molar-refractivity contribution is 5.26. The van der Waals surface area contributed by atoms with Crippen LogP contribution in [0.4, 0.5) is 0 Å². The molecule has 1 rings (SSSR count). The Morgan fingerprint density at radius 2 is 0.810 bits per heavy atom. The molecule has 0 aliphatic carbocycles. The third-order valence-corrected chi connectivity index (χ3v) is 3.15. The molecule has 1 saturated heterocycles. The molecule has 1 aliphatic heterocycles. The first-order chi connectivity index (χ1) is 9.65. The van der Waals surface area contributed by atoms with Crippen molar-refractivity contribution in [1.82, 2.24) is 14.7 Å². The van der Waals surface area contributed by atoms with Crippen molar-refractivity contribution >= 4 is 0 Å². The Bertz CT molecular complexity index is 431. The monoisotopic (exact) mass is 285 g/mol. The molecule has 3 nitrogen and oxygen atoms in total. The Morgan fingerprint density at radius 1 is 0.619 bits per heavy atom. The van der Waals surface area contributed by atoms with Gasteiger partial charge in [0, 0.05) is 19.6 Å².